The minimum absolute atomic E-state index is 0.366. The fraction of sp³-hybridized carbons (Fsp3) is 0.0857. The van der Waals surface area contributed by atoms with E-state index in [1.54, 1.807) is 0 Å². The highest BCUT2D eigenvalue weighted by Gasteiger charge is 2.17. The van der Waals surface area contributed by atoms with E-state index in [-0.39, 0.29) is 8.80 Å². The Labute approximate surface area is 215 Å². The first-order valence-electron chi connectivity index (χ1n) is 12.7. The van der Waals surface area contributed by atoms with Crippen molar-refractivity contribution >= 4 is 30.3 Å². The normalized spacial score (nSPS) is 11.4. The van der Waals surface area contributed by atoms with Gasteiger partial charge in [0.25, 0.3) is 0 Å². The van der Waals surface area contributed by atoms with Crippen LogP contribution in [0.5, 0.6) is 0 Å². The Kier molecular flexibility index (Phi) is 6.01. The van der Waals surface area contributed by atoms with Crippen molar-refractivity contribution < 1.29 is 0 Å². The lowest BCUT2D eigenvalue weighted by molar-refractivity contribution is 1.37. The molecule has 1 radical (unpaired) electrons. The largest absolute Gasteiger partial charge is 0.0710 e. The summed E-state index contributed by atoms with van der Waals surface area (Å²) in [5.74, 6) is 0. The van der Waals surface area contributed by atoms with Crippen molar-refractivity contribution in [3.05, 3.63) is 133 Å². The first-order chi connectivity index (χ1) is 17.7. The van der Waals surface area contributed by atoms with Gasteiger partial charge in [0.1, 0.15) is 0 Å². The molecule has 0 amide bonds. The zero-order valence-electron chi connectivity index (χ0n) is 20.8. The topological polar surface area (TPSA) is 0 Å². The van der Waals surface area contributed by atoms with Crippen LogP contribution in [0.1, 0.15) is 5.56 Å². The summed E-state index contributed by atoms with van der Waals surface area (Å²) in [5.41, 5.74) is 9.15. The summed E-state index contributed by atoms with van der Waals surface area (Å²) in [4.78, 5) is 0. The highest BCUT2D eigenvalue weighted by Crippen LogP contribution is 2.44. The predicted octanol–water partition coefficient (Wildman–Crippen LogP) is 9.83. The summed E-state index contributed by atoms with van der Waals surface area (Å²) in [5, 5.41) is 5.29. The summed E-state index contributed by atoms with van der Waals surface area (Å²) < 4.78 is 0. The fourth-order valence-electron chi connectivity index (χ4n) is 5.43. The minimum Gasteiger partial charge on any atom is -0.0710 e. The van der Waals surface area contributed by atoms with Crippen LogP contribution >= 0.6 is 0 Å². The summed E-state index contributed by atoms with van der Waals surface area (Å²) in [6.07, 6.45) is 0. The lowest BCUT2D eigenvalue weighted by atomic mass is 9.85. The van der Waals surface area contributed by atoms with E-state index in [4.69, 9.17) is 0 Å². The van der Waals surface area contributed by atoms with Gasteiger partial charge in [-0.3, -0.25) is 0 Å². The van der Waals surface area contributed by atoms with Crippen LogP contribution in [-0.4, -0.2) is 8.80 Å². The molecule has 0 fully saturated rings. The van der Waals surface area contributed by atoms with Crippen molar-refractivity contribution in [1.82, 2.24) is 0 Å². The molecule has 0 saturated heterocycles. The second kappa shape index (κ2) is 9.60. The molecule has 0 aromatic heterocycles. The number of benzene rings is 6. The van der Waals surface area contributed by atoms with Crippen molar-refractivity contribution in [3.8, 4) is 33.4 Å². The van der Waals surface area contributed by atoms with Crippen molar-refractivity contribution in [2.45, 2.75) is 19.1 Å². The average Bonchev–Trinajstić information content (AvgIpc) is 2.92. The third kappa shape index (κ3) is 4.17. The molecule has 36 heavy (non-hydrogen) atoms. The predicted molar refractivity (Wildman–Crippen MR) is 159 cm³/mol. The molecule has 0 bridgehead atoms. The van der Waals surface area contributed by atoms with E-state index in [1.165, 1.54) is 66.5 Å². The van der Waals surface area contributed by atoms with Gasteiger partial charge in [-0.2, -0.15) is 0 Å². The Bertz CT molecular complexity index is 1650. The van der Waals surface area contributed by atoms with Crippen LogP contribution < -0.4 is 0 Å². The van der Waals surface area contributed by atoms with Crippen LogP contribution in [0, 0.1) is 0 Å². The van der Waals surface area contributed by atoms with E-state index in [1.807, 2.05) is 0 Å². The number of hydrogen-bond acceptors (Lipinski definition) is 0. The van der Waals surface area contributed by atoms with Crippen molar-refractivity contribution in [2.75, 3.05) is 0 Å². The summed E-state index contributed by atoms with van der Waals surface area (Å²) in [7, 11) is -0.366. The van der Waals surface area contributed by atoms with Gasteiger partial charge in [0.15, 0.2) is 0 Å². The quantitative estimate of drug-likeness (QED) is 0.171. The zero-order chi connectivity index (χ0) is 24.5. The van der Waals surface area contributed by atoms with E-state index in [9.17, 15) is 0 Å². The summed E-state index contributed by atoms with van der Waals surface area (Å²) >= 11 is 0. The molecule has 1 heteroatoms. The molecule has 6 rings (SSSR count). The Hall–Kier alpha value is -3.94. The second-order valence-corrected chi connectivity index (χ2v) is 12.6. The monoisotopic (exact) mass is 477 g/mol. The van der Waals surface area contributed by atoms with Gasteiger partial charge in [-0.1, -0.05) is 146 Å². The molecular formula is C35H29Si. The first kappa shape index (κ1) is 22.5. The smallest absolute Gasteiger partial charge is 0.0460 e. The molecule has 0 unspecified atom stereocenters. The average molecular weight is 478 g/mol. The molecule has 0 N–H and O–H groups in total. The molecule has 0 aliphatic carbocycles. The van der Waals surface area contributed by atoms with E-state index < -0.39 is 0 Å². The third-order valence-corrected chi connectivity index (χ3v) is 8.10. The van der Waals surface area contributed by atoms with Gasteiger partial charge in [-0.15, -0.1) is 0 Å². The van der Waals surface area contributed by atoms with Crippen molar-refractivity contribution in [1.29, 1.82) is 0 Å². The van der Waals surface area contributed by atoms with E-state index in [0.717, 1.165) is 0 Å². The highest BCUT2D eigenvalue weighted by molar-refractivity contribution is 6.55. The van der Waals surface area contributed by atoms with Gasteiger partial charge >= 0.3 is 0 Å². The molecular weight excluding hydrogens is 448 g/mol. The van der Waals surface area contributed by atoms with Crippen LogP contribution in [0.3, 0.4) is 0 Å². The standard InChI is InChI=1S/C35H29Si/c1-36(2)24-25-17-22-32-33(23-25)35(28-13-7-4-8-14-28)31-16-10-9-15-30(31)34(32)29-20-18-27(19-21-29)26-11-5-3-6-12-26/h3-23H,24H2,1-2H3. The van der Waals surface area contributed by atoms with Crippen molar-refractivity contribution in [2.24, 2.45) is 0 Å². The number of hydrogen-bond donors (Lipinski definition) is 0. The second-order valence-electron chi connectivity index (χ2n) is 9.87. The fourth-order valence-corrected chi connectivity index (χ4v) is 6.47. The molecule has 0 heterocycles. The molecule has 6 aromatic rings. The van der Waals surface area contributed by atoms with Gasteiger partial charge in [0, 0.05) is 8.80 Å². The number of fused-ring (bicyclic) bond motifs is 2. The molecule has 0 saturated carbocycles. The van der Waals surface area contributed by atoms with Gasteiger partial charge in [-0.05, 0) is 61.0 Å². The lowest BCUT2D eigenvalue weighted by Crippen LogP contribution is -2.05. The van der Waals surface area contributed by atoms with Crippen LogP contribution in [0.15, 0.2) is 127 Å². The van der Waals surface area contributed by atoms with Gasteiger partial charge < -0.3 is 0 Å². The zero-order valence-corrected chi connectivity index (χ0v) is 21.8. The molecule has 0 aliphatic rings. The Morgan fingerprint density at radius 1 is 0.417 bits per heavy atom. The Morgan fingerprint density at radius 2 is 0.861 bits per heavy atom. The molecule has 173 valence electrons. The van der Waals surface area contributed by atoms with Crippen LogP contribution in [0.4, 0.5) is 0 Å². The van der Waals surface area contributed by atoms with E-state index >= 15 is 0 Å². The van der Waals surface area contributed by atoms with Gasteiger partial charge in [0.05, 0.1) is 0 Å². The Morgan fingerprint density at radius 3 is 1.47 bits per heavy atom. The highest BCUT2D eigenvalue weighted by atomic mass is 28.3. The third-order valence-electron chi connectivity index (χ3n) is 6.99. The molecule has 0 nitrogen and oxygen atoms in total. The SMILES string of the molecule is C[Si](C)Cc1ccc2c(-c3ccc(-c4ccccc4)cc3)c3ccccc3c(-c3ccccc3)c2c1. The van der Waals surface area contributed by atoms with Gasteiger partial charge in [0.2, 0.25) is 0 Å². The van der Waals surface area contributed by atoms with Crippen LogP contribution in [-0.2, 0) is 6.04 Å². The summed E-state index contributed by atoms with van der Waals surface area (Å²) in [6, 6.07) is 47.9. The van der Waals surface area contributed by atoms with E-state index in [2.05, 4.69) is 140 Å². The molecule has 6 aromatic carbocycles. The molecule has 0 spiro atoms. The first-order valence-corrected chi connectivity index (χ1v) is 15.4. The van der Waals surface area contributed by atoms with Crippen LogP contribution in [0.25, 0.3) is 54.9 Å². The van der Waals surface area contributed by atoms with Crippen molar-refractivity contribution in [3.63, 3.8) is 0 Å². The van der Waals surface area contributed by atoms with Crippen LogP contribution in [0.2, 0.25) is 13.1 Å². The lowest BCUT2D eigenvalue weighted by Gasteiger charge is -2.19. The number of rotatable bonds is 5. The molecule has 0 aliphatic heterocycles. The van der Waals surface area contributed by atoms with Gasteiger partial charge in [-0.25, -0.2) is 0 Å². The maximum absolute atomic E-state index is 2.46. The Balaban J connectivity index is 1.65. The summed E-state index contributed by atoms with van der Waals surface area (Å²) in [6.45, 7) is 4.79. The maximum Gasteiger partial charge on any atom is 0.0460 e. The minimum atomic E-state index is -0.366. The van der Waals surface area contributed by atoms with E-state index in [0.29, 0.717) is 0 Å². The molecule has 0 atom stereocenters. The maximum atomic E-state index is 2.46.